The zero-order valence-electron chi connectivity index (χ0n) is 9.36. The van der Waals surface area contributed by atoms with E-state index in [1.54, 1.807) is 0 Å². The van der Waals surface area contributed by atoms with Crippen LogP contribution in [0.1, 0.15) is 18.9 Å². The standard InChI is InChI=1S/C13H16N2O/c1-9(14)6-7-11-8-10-4-2-3-5-12(10)15-13(11)16/h2-5,8-9H,6-7,14H2,1H3,(H,15,16). The Morgan fingerprint density at radius 1 is 1.38 bits per heavy atom. The summed E-state index contributed by atoms with van der Waals surface area (Å²) in [4.78, 5) is 14.6. The molecule has 0 spiro atoms. The summed E-state index contributed by atoms with van der Waals surface area (Å²) in [5.74, 6) is 0. The van der Waals surface area contributed by atoms with Gasteiger partial charge >= 0.3 is 0 Å². The van der Waals surface area contributed by atoms with E-state index in [0.717, 1.165) is 29.3 Å². The van der Waals surface area contributed by atoms with Crippen molar-refractivity contribution in [3.63, 3.8) is 0 Å². The number of nitrogens with one attached hydrogen (secondary N) is 1. The SMILES string of the molecule is CC(N)CCc1cc2ccccc2[nH]c1=O. The van der Waals surface area contributed by atoms with E-state index in [9.17, 15) is 4.79 Å². The summed E-state index contributed by atoms with van der Waals surface area (Å²) in [7, 11) is 0. The summed E-state index contributed by atoms with van der Waals surface area (Å²) in [6, 6.07) is 9.88. The first kappa shape index (κ1) is 10.9. The number of fused-ring (bicyclic) bond motifs is 1. The van der Waals surface area contributed by atoms with Crippen LogP contribution in [-0.2, 0) is 6.42 Å². The Labute approximate surface area is 94.3 Å². The topological polar surface area (TPSA) is 58.9 Å². The summed E-state index contributed by atoms with van der Waals surface area (Å²) in [5.41, 5.74) is 7.39. The number of hydrogen-bond acceptors (Lipinski definition) is 2. The molecule has 0 amide bonds. The van der Waals surface area contributed by atoms with Gasteiger partial charge < -0.3 is 10.7 Å². The first-order chi connectivity index (χ1) is 7.66. The minimum atomic E-state index is -0.000602. The normalized spacial score (nSPS) is 12.9. The molecule has 16 heavy (non-hydrogen) atoms. The Morgan fingerprint density at radius 3 is 2.88 bits per heavy atom. The fraction of sp³-hybridized carbons (Fsp3) is 0.308. The molecule has 1 unspecified atom stereocenters. The molecule has 3 N–H and O–H groups in total. The van der Waals surface area contributed by atoms with Crippen LogP contribution < -0.4 is 11.3 Å². The molecule has 1 atom stereocenters. The Balaban J connectivity index is 2.38. The van der Waals surface area contributed by atoms with E-state index in [1.807, 2.05) is 37.3 Å². The lowest BCUT2D eigenvalue weighted by Crippen LogP contribution is -2.19. The van der Waals surface area contributed by atoms with Crippen molar-refractivity contribution in [3.05, 3.63) is 46.2 Å². The molecular weight excluding hydrogens is 200 g/mol. The van der Waals surface area contributed by atoms with E-state index in [-0.39, 0.29) is 11.6 Å². The lowest BCUT2D eigenvalue weighted by molar-refractivity contribution is 0.663. The van der Waals surface area contributed by atoms with Crippen LogP contribution in [0.3, 0.4) is 0 Å². The predicted molar refractivity (Wildman–Crippen MR) is 66.5 cm³/mol. The third kappa shape index (κ3) is 2.31. The van der Waals surface area contributed by atoms with Crippen molar-refractivity contribution in [2.24, 2.45) is 5.73 Å². The number of aromatic nitrogens is 1. The summed E-state index contributed by atoms with van der Waals surface area (Å²) in [6.07, 6.45) is 1.57. The second-order valence-electron chi connectivity index (χ2n) is 4.23. The number of rotatable bonds is 3. The average Bonchev–Trinajstić information content (AvgIpc) is 2.26. The van der Waals surface area contributed by atoms with E-state index >= 15 is 0 Å². The Kier molecular flexibility index (Phi) is 3.06. The third-order valence-corrected chi connectivity index (χ3v) is 2.70. The molecule has 2 aromatic rings. The molecule has 3 heteroatoms. The molecule has 0 bridgehead atoms. The van der Waals surface area contributed by atoms with E-state index in [4.69, 9.17) is 5.73 Å². The molecule has 0 saturated carbocycles. The highest BCUT2D eigenvalue weighted by molar-refractivity contribution is 5.78. The van der Waals surface area contributed by atoms with Crippen LogP contribution >= 0.6 is 0 Å². The van der Waals surface area contributed by atoms with Crippen LogP contribution in [-0.4, -0.2) is 11.0 Å². The zero-order chi connectivity index (χ0) is 11.5. The second kappa shape index (κ2) is 4.49. The van der Waals surface area contributed by atoms with E-state index in [1.165, 1.54) is 0 Å². The first-order valence-electron chi connectivity index (χ1n) is 5.53. The number of benzene rings is 1. The molecule has 0 aliphatic heterocycles. The lowest BCUT2D eigenvalue weighted by Gasteiger charge is -2.05. The first-order valence-corrected chi connectivity index (χ1v) is 5.53. The lowest BCUT2D eigenvalue weighted by atomic mass is 10.1. The van der Waals surface area contributed by atoms with Gasteiger partial charge in [0, 0.05) is 17.1 Å². The van der Waals surface area contributed by atoms with Crippen molar-refractivity contribution in [1.29, 1.82) is 0 Å². The molecule has 0 fully saturated rings. The van der Waals surface area contributed by atoms with Crippen LogP contribution in [0.2, 0.25) is 0 Å². The summed E-state index contributed by atoms with van der Waals surface area (Å²) >= 11 is 0. The molecule has 0 saturated heterocycles. The van der Waals surface area contributed by atoms with Crippen LogP contribution in [0.5, 0.6) is 0 Å². The molecule has 2 rings (SSSR count). The van der Waals surface area contributed by atoms with Crippen molar-refractivity contribution in [1.82, 2.24) is 4.98 Å². The van der Waals surface area contributed by atoms with E-state index < -0.39 is 0 Å². The van der Waals surface area contributed by atoms with Crippen LogP contribution in [0, 0.1) is 0 Å². The summed E-state index contributed by atoms with van der Waals surface area (Å²) in [6.45, 7) is 1.95. The summed E-state index contributed by atoms with van der Waals surface area (Å²) in [5, 5.41) is 1.07. The number of aromatic amines is 1. The van der Waals surface area contributed by atoms with Gasteiger partial charge in [-0.3, -0.25) is 4.79 Å². The van der Waals surface area contributed by atoms with Gasteiger partial charge in [-0.05, 0) is 37.3 Å². The Bertz CT molecular complexity index is 543. The number of aryl methyl sites for hydroxylation is 1. The largest absolute Gasteiger partial charge is 0.328 e. The quantitative estimate of drug-likeness (QED) is 0.822. The van der Waals surface area contributed by atoms with Crippen LogP contribution in [0.25, 0.3) is 10.9 Å². The molecular formula is C13H16N2O. The Hall–Kier alpha value is -1.61. The van der Waals surface area contributed by atoms with Gasteiger partial charge in [-0.1, -0.05) is 18.2 Å². The molecule has 84 valence electrons. The highest BCUT2D eigenvalue weighted by atomic mass is 16.1. The number of pyridine rings is 1. The summed E-state index contributed by atoms with van der Waals surface area (Å²) < 4.78 is 0. The van der Waals surface area contributed by atoms with Crippen molar-refractivity contribution >= 4 is 10.9 Å². The van der Waals surface area contributed by atoms with Crippen molar-refractivity contribution in [3.8, 4) is 0 Å². The molecule has 1 heterocycles. The fourth-order valence-corrected chi connectivity index (χ4v) is 1.76. The second-order valence-corrected chi connectivity index (χ2v) is 4.23. The zero-order valence-corrected chi connectivity index (χ0v) is 9.36. The van der Waals surface area contributed by atoms with E-state index in [0.29, 0.717) is 0 Å². The number of H-pyrrole nitrogens is 1. The average molecular weight is 216 g/mol. The molecule has 3 nitrogen and oxygen atoms in total. The molecule has 0 aliphatic rings. The van der Waals surface area contributed by atoms with E-state index in [2.05, 4.69) is 4.98 Å². The van der Waals surface area contributed by atoms with Gasteiger partial charge in [0.15, 0.2) is 0 Å². The maximum absolute atomic E-state index is 11.7. The monoisotopic (exact) mass is 216 g/mol. The smallest absolute Gasteiger partial charge is 0.251 e. The van der Waals surface area contributed by atoms with Gasteiger partial charge in [0.05, 0.1) is 0 Å². The molecule has 1 aromatic carbocycles. The van der Waals surface area contributed by atoms with Gasteiger partial charge in [0.1, 0.15) is 0 Å². The maximum Gasteiger partial charge on any atom is 0.251 e. The van der Waals surface area contributed by atoms with Crippen molar-refractivity contribution in [2.75, 3.05) is 0 Å². The van der Waals surface area contributed by atoms with Crippen molar-refractivity contribution in [2.45, 2.75) is 25.8 Å². The molecule has 0 aliphatic carbocycles. The van der Waals surface area contributed by atoms with Gasteiger partial charge in [-0.25, -0.2) is 0 Å². The third-order valence-electron chi connectivity index (χ3n) is 2.70. The van der Waals surface area contributed by atoms with Crippen molar-refractivity contribution < 1.29 is 0 Å². The number of nitrogens with two attached hydrogens (primary N) is 1. The minimum Gasteiger partial charge on any atom is -0.328 e. The fourth-order valence-electron chi connectivity index (χ4n) is 1.76. The highest BCUT2D eigenvalue weighted by Crippen LogP contribution is 2.11. The van der Waals surface area contributed by atoms with Crippen LogP contribution in [0.4, 0.5) is 0 Å². The molecule has 0 radical (unpaired) electrons. The number of para-hydroxylation sites is 1. The van der Waals surface area contributed by atoms with Crippen LogP contribution in [0.15, 0.2) is 35.1 Å². The highest BCUT2D eigenvalue weighted by Gasteiger charge is 2.03. The Morgan fingerprint density at radius 2 is 2.12 bits per heavy atom. The maximum atomic E-state index is 11.7. The minimum absolute atomic E-state index is 0.000602. The predicted octanol–water partition coefficient (Wildman–Crippen LogP) is 1.81. The molecule has 1 aromatic heterocycles. The van der Waals surface area contributed by atoms with Gasteiger partial charge in [0.25, 0.3) is 5.56 Å². The van der Waals surface area contributed by atoms with Gasteiger partial charge in [-0.15, -0.1) is 0 Å². The van der Waals surface area contributed by atoms with Gasteiger partial charge in [0.2, 0.25) is 0 Å². The van der Waals surface area contributed by atoms with Gasteiger partial charge in [-0.2, -0.15) is 0 Å². The number of hydrogen-bond donors (Lipinski definition) is 2.